The number of nitrogens with two attached hydrogens (primary N) is 1. The molecule has 0 saturated carbocycles. The molecule has 5 nitrogen and oxygen atoms in total. The molecule has 0 aromatic heterocycles. The molecule has 1 aromatic carbocycles. The molecule has 4 N–H and O–H groups in total. The van der Waals surface area contributed by atoms with Gasteiger partial charge in [0.2, 0.25) is 0 Å². The molecule has 0 bridgehead atoms. The Morgan fingerprint density at radius 2 is 2.17 bits per heavy atom. The fourth-order valence-corrected chi connectivity index (χ4v) is 1.49. The highest BCUT2D eigenvalue weighted by atomic mass is 19.1. The first-order chi connectivity index (χ1) is 8.45. The quantitative estimate of drug-likeness (QED) is 0.535. The van der Waals surface area contributed by atoms with E-state index in [0.29, 0.717) is 0 Å². The van der Waals surface area contributed by atoms with E-state index in [2.05, 4.69) is 4.74 Å². The number of halogens is 1. The van der Waals surface area contributed by atoms with Crippen LogP contribution in [0.5, 0.6) is 0 Å². The lowest BCUT2D eigenvalue weighted by Gasteiger charge is -2.18. The summed E-state index contributed by atoms with van der Waals surface area (Å²) in [6.07, 6.45) is -3.34. The average molecular weight is 257 g/mol. The standard InChI is InChI=1S/C12H16FNO4/c1-2-18-11(16)6-10(15)12(17)8-4-3-7(14)5-9(8)13/h3-5,10,12,15,17H,2,6,14H2,1H3. The van der Waals surface area contributed by atoms with Crippen LogP contribution in [0.2, 0.25) is 0 Å². The second-order valence-corrected chi connectivity index (χ2v) is 3.80. The second kappa shape index (κ2) is 6.32. The molecule has 0 heterocycles. The molecule has 0 aliphatic carbocycles. The molecule has 6 heteroatoms. The molecule has 18 heavy (non-hydrogen) atoms. The summed E-state index contributed by atoms with van der Waals surface area (Å²) in [5.41, 5.74) is 5.47. The maximum absolute atomic E-state index is 13.5. The highest BCUT2D eigenvalue weighted by Gasteiger charge is 2.24. The Kier molecular flexibility index (Phi) is 5.06. The van der Waals surface area contributed by atoms with Crippen molar-refractivity contribution in [3.05, 3.63) is 29.6 Å². The van der Waals surface area contributed by atoms with E-state index in [4.69, 9.17) is 5.73 Å². The highest BCUT2D eigenvalue weighted by Crippen LogP contribution is 2.23. The van der Waals surface area contributed by atoms with Gasteiger partial charge < -0.3 is 20.7 Å². The van der Waals surface area contributed by atoms with Crippen molar-refractivity contribution in [2.75, 3.05) is 12.3 Å². The predicted octanol–water partition coefficient (Wildman–Crippen LogP) is 0.755. The fourth-order valence-electron chi connectivity index (χ4n) is 1.49. The predicted molar refractivity (Wildman–Crippen MR) is 63.0 cm³/mol. The zero-order chi connectivity index (χ0) is 13.7. The minimum Gasteiger partial charge on any atom is -0.466 e. The number of aliphatic hydroxyl groups is 2. The van der Waals surface area contributed by atoms with Crippen molar-refractivity contribution in [3.8, 4) is 0 Å². The Balaban J connectivity index is 2.73. The third-order valence-corrected chi connectivity index (χ3v) is 2.39. The van der Waals surface area contributed by atoms with Crippen LogP contribution in [0.4, 0.5) is 10.1 Å². The minimum absolute atomic E-state index is 0.110. The third-order valence-electron chi connectivity index (χ3n) is 2.39. The maximum Gasteiger partial charge on any atom is 0.308 e. The fraction of sp³-hybridized carbons (Fsp3) is 0.417. The van der Waals surface area contributed by atoms with E-state index in [1.807, 2.05) is 0 Å². The van der Waals surface area contributed by atoms with E-state index < -0.39 is 30.4 Å². The molecule has 0 saturated heterocycles. The van der Waals surface area contributed by atoms with Gasteiger partial charge in [0.15, 0.2) is 0 Å². The molecule has 2 atom stereocenters. The number of hydrogen-bond donors (Lipinski definition) is 3. The van der Waals surface area contributed by atoms with Crippen molar-refractivity contribution in [2.45, 2.75) is 25.6 Å². The van der Waals surface area contributed by atoms with Crippen LogP contribution in [-0.2, 0) is 9.53 Å². The lowest BCUT2D eigenvalue weighted by Crippen LogP contribution is -2.23. The number of carbonyl (C=O) groups is 1. The summed E-state index contributed by atoms with van der Waals surface area (Å²) < 4.78 is 18.1. The summed E-state index contributed by atoms with van der Waals surface area (Å²) >= 11 is 0. The van der Waals surface area contributed by atoms with Crippen molar-refractivity contribution in [1.29, 1.82) is 0 Å². The molecule has 0 aliphatic rings. The number of benzene rings is 1. The van der Waals surface area contributed by atoms with Crippen molar-refractivity contribution in [1.82, 2.24) is 0 Å². The Hall–Kier alpha value is -1.66. The lowest BCUT2D eigenvalue weighted by molar-refractivity contribution is -0.147. The zero-order valence-corrected chi connectivity index (χ0v) is 9.97. The van der Waals surface area contributed by atoms with E-state index in [1.54, 1.807) is 6.92 Å². The van der Waals surface area contributed by atoms with Gasteiger partial charge in [0.05, 0.1) is 19.1 Å². The normalized spacial score (nSPS) is 14.0. The summed E-state index contributed by atoms with van der Waals surface area (Å²) in [4.78, 5) is 11.1. The number of esters is 1. The molecule has 0 fully saturated rings. The van der Waals surface area contributed by atoms with Gasteiger partial charge >= 0.3 is 5.97 Å². The van der Waals surface area contributed by atoms with Gasteiger partial charge in [-0.1, -0.05) is 6.07 Å². The zero-order valence-electron chi connectivity index (χ0n) is 9.97. The molecule has 100 valence electrons. The first kappa shape index (κ1) is 14.4. The minimum atomic E-state index is -1.50. The van der Waals surface area contributed by atoms with Crippen molar-refractivity contribution in [2.24, 2.45) is 0 Å². The summed E-state index contributed by atoms with van der Waals surface area (Å²) in [7, 11) is 0. The molecular formula is C12H16FNO4. The molecule has 1 aromatic rings. The van der Waals surface area contributed by atoms with Gasteiger partial charge in [0, 0.05) is 11.3 Å². The summed E-state index contributed by atoms with van der Waals surface area (Å²) in [6, 6.07) is 3.71. The van der Waals surface area contributed by atoms with Crippen molar-refractivity contribution < 1.29 is 24.1 Å². The van der Waals surface area contributed by atoms with Crippen LogP contribution in [0.25, 0.3) is 0 Å². The smallest absolute Gasteiger partial charge is 0.308 e. The van der Waals surface area contributed by atoms with E-state index in [1.165, 1.54) is 12.1 Å². The average Bonchev–Trinajstić information content (AvgIpc) is 2.28. The van der Waals surface area contributed by atoms with Crippen LogP contribution in [0.3, 0.4) is 0 Å². The van der Waals surface area contributed by atoms with Crippen LogP contribution in [0, 0.1) is 5.82 Å². The number of nitrogen functional groups attached to an aromatic ring is 1. The Morgan fingerprint density at radius 1 is 1.50 bits per heavy atom. The van der Waals surface area contributed by atoms with E-state index in [9.17, 15) is 19.4 Å². The topological polar surface area (TPSA) is 92.8 Å². The molecule has 0 amide bonds. The maximum atomic E-state index is 13.5. The summed E-state index contributed by atoms with van der Waals surface area (Å²) in [5, 5.41) is 19.4. The molecule has 0 aliphatic heterocycles. The van der Waals surface area contributed by atoms with Gasteiger partial charge in [-0.3, -0.25) is 4.79 Å². The highest BCUT2D eigenvalue weighted by molar-refractivity contribution is 5.70. The van der Waals surface area contributed by atoms with Crippen LogP contribution < -0.4 is 5.73 Å². The van der Waals surface area contributed by atoms with E-state index in [-0.39, 0.29) is 17.9 Å². The molecule has 0 radical (unpaired) electrons. The Labute approximate surface area is 104 Å². The first-order valence-electron chi connectivity index (χ1n) is 5.52. The monoisotopic (exact) mass is 257 g/mol. The molecule has 2 unspecified atom stereocenters. The van der Waals surface area contributed by atoms with Gasteiger partial charge in [0.25, 0.3) is 0 Å². The first-order valence-corrected chi connectivity index (χ1v) is 5.52. The largest absolute Gasteiger partial charge is 0.466 e. The number of carbonyl (C=O) groups excluding carboxylic acids is 1. The van der Waals surface area contributed by atoms with Gasteiger partial charge in [-0.2, -0.15) is 0 Å². The number of hydrogen-bond acceptors (Lipinski definition) is 5. The Bertz CT molecular complexity index is 425. The lowest BCUT2D eigenvalue weighted by atomic mass is 10.0. The van der Waals surface area contributed by atoms with Gasteiger partial charge in [0.1, 0.15) is 11.9 Å². The number of ether oxygens (including phenoxy) is 1. The van der Waals surface area contributed by atoms with Crippen LogP contribution in [-0.4, -0.2) is 28.9 Å². The van der Waals surface area contributed by atoms with Crippen LogP contribution in [0.1, 0.15) is 25.0 Å². The van der Waals surface area contributed by atoms with Crippen molar-refractivity contribution >= 4 is 11.7 Å². The Morgan fingerprint density at radius 3 is 2.72 bits per heavy atom. The summed E-state index contributed by atoms with van der Waals surface area (Å²) in [5.74, 6) is -1.38. The van der Waals surface area contributed by atoms with Gasteiger partial charge in [-0.25, -0.2) is 4.39 Å². The van der Waals surface area contributed by atoms with E-state index in [0.717, 1.165) is 6.07 Å². The van der Waals surface area contributed by atoms with E-state index >= 15 is 0 Å². The van der Waals surface area contributed by atoms with Crippen molar-refractivity contribution in [3.63, 3.8) is 0 Å². The SMILES string of the molecule is CCOC(=O)CC(O)C(O)c1ccc(N)cc1F. The van der Waals surface area contributed by atoms with Crippen LogP contribution >= 0.6 is 0 Å². The summed E-state index contributed by atoms with van der Waals surface area (Å²) in [6.45, 7) is 1.80. The molecular weight excluding hydrogens is 241 g/mol. The number of rotatable bonds is 5. The molecule has 0 spiro atoms. The number of aliphatic hydroxyl groups excluding tert-OH is 2. The van der Waals surface area contributed by atoms with Gasteiger partial charge in [-0.05, 0) is 19.1 Å². The third kappa shape index (κ3) is 3.68. The second-order valence-electron chi connectivity index (χ2n) is 3.80. The molecule has 1 rings (SSSR count). The number of anilines is 1. The van der Waals surface area contributed by atoms with Crippen LogP contribution in [0.15, 0.2) is 18.2 Å². The van der Waals surface area contributed by atoms with Gasteiger partial charge in [-0.15, -0.1) is 0 Å².